The summed E-state index contributed by atoms with van der Waals surface area (Å²) in [5, 5.41) is 3.11. The van der Waals surface area contributed by atoms with E-state index in [1.165, 1.54) is 12.1 Å². The number of halogens is 4. The van der Waals surface area contributed by atoms with Crippen molar-refractivity contribution >= 4 is 35.8 Å². The first-order valence-electron chi connectivity index (χ1n) is 6.32. The number of nitrogens with two attached hydrogens (primary N) is 1. The maximum Gasteiger partial charge on any atom is 0.446 e. The van der Waals surface area contributed by atoms with E-state index in [0.29, 0.717) is 12.1 Å². The Morgan fingerprint density at radius 1 is 1.04 bits per heavy atom. The predicted molar refractivity (Wildman–Crippen MR) is 87.9 cm³/mol. The second-order valence-electron chi connectivity index (χ2n) is 4.49. The maximum absolute atomic E-state index is 12.2. The van der Waals surface area contributed by atoms with Crippen molar-refractivity contribution in [3.8, 4) is 0 Å². The number of benzene rings is 2. The minimum Gasteiger partial charge on any atom is -0.381 e. The number of carbonyl (C=O) groups is 1. The molecule has 3 N–H and O–H groups in total. The first-order valence-corrected chi connectivity index (χ1v) is 7.13. The van der Waals surface area contributed by atoms with Gasteiger partial charge in [-0.15, -0.1) is 12.4 Å². The van der Waals surface area contributed by atoms with Gasteiger partial charge in [-0.05, 0) is 53.7 Å². The number of carbonyl (C=O) groups excluding carboxylic acids is 1. The van der Waals surface area contributed by atoms with Crippen LogP contribution in [0.3, 0.4) is 0 Å². The highest BCUT2D eigenvalue weighted by Gasteiger charge is 2.28. The molecule has 0 bridgehead atoms. The zero-order valence-corrected chi connectivity index (χ0v) is 13.4. The van der Waals surface area contributed by atoms with Gasteiger partial charge in [0.1, 0.15) is 0 Å². The zero-order valence-electron chi connectivity index (χ0n) is 11.8. The number of hydrogen-bond donors (Lipinski definition) is 2. The van der Waals surface area contributed by atoms with Crippen molar-refractivity contribution in [2.75, 3.05) is 5.32 Å². The van der Waals surface area contributed by atoms with Gasteiger partial charge in [-0.2, -0.15) is 13.2 Å². The van der Waals surface area contributed by atoms with Gasteiger partial charge in [-0.1, -0.05) is 12.1 Å². The lowest BCUT2D eigenvalue weighted by atomic mass is 10.2. The lowest BCUT2D eigenvalue weighted by Gasteiger charge is -2.09. The molecule has 1 amide bonds. The summed E-state index contributed by atoms with van der Waals surface area (Å²) in [5.41, 5.74) is 2.93. The Bertz CT molecular complexity index is 645. The highest BCUT2D eigenvalue weighted by molar-refractivity contribution is 8.00. The molecule has 0 radical (unpaired) electrons. The average molecular weight is 363 g/mol. The number of primary amides is 1. The van der Waals surface area contributed by atoms with E-state index in [1.54, 1.807) is 36.4 Å². The zero-order chi connectivity index (χ0) is 16.2. The third-order valence-corrected chi connectivity index (χ3v) is 3.56. The molecule has 0 unspecified atom stereocenters. The van der Waals surface area contributed by atoms with E-state index in [2.05, 4.69) is 5.32 Å². The molecule has 0 aromatic heterocycles. The highest BCUT2D eigenvalue weighted by Crippen LogP contribution is 2.36. The highest BCUT2D eigenvalue weighted by atomic mass is 35.5. The van der Waals surface area contributed by atoms with Crippen molar-refractivity contribution in [2.45, 2.75) is 16.9 Å². The largest absolute Gasteiger partial charge is 0.446 e. The second kappa shape index (κ2) is 8.12. The normalized spacial score (nSPS) is 10.7. The predicted octanol–water partition coefficient (Wildman–Crippen LogP) is 4.43. The molecular weight excluding hydrogens is 349 g/mol. The standard InChI is InChI=1S/C15H13F3N2OS.ClH/c16-15(17,18)22-13-7-1-10(2-8-13)9-20-12-5-3-11(4-6-12)14(19)21;/h1-8,20H,9H2,(H2,19,21);1H. The maximum atomic E-state index is 12.2. The smallest absolute Gasteiger partial charge is 0.381 e. The number of anilines is 1. The van der Waals surface area contributed by atoms with E-state index >= 15 is 0 Å². The van der Waals surface area contributed by atoms with Crippen LogP contribution >= 0.6 is 24.2 Å². The summed E-state index contributed by atoms with van der Waals surface area (Å²) in [6.07, 6.45) is 0. The monoisotopic (exact) mass is 362 g/mol. The SMILES string of the molecule is Cl.NC(=O)c1ccc(NCc2ccc(SC(F)(F)F)cc2)cc1. The molecule has 3 nitrogen and oxygen atoms in total. The molecule has 2 aromatic carbocycles. The molecule has 0 saturated heterocycles. The Morgan fingerprint density at radius 2 is 1.61 bits per heavy atom. The van der Waals surface area contributed by atoms with Crippen LogP contribution in [-0.2, 0) is 6.54 Å². The molecular formula is C15H14ClF3N2OS. The van der Waals surface area contributed by atoms with Crippen LogP contribution in [0.5, 0.6) is 0 Å². The van der Waals surface area contributed by atoms with Gasteiger partial charge < -0.3 is 11.1 Å². The van der Waals surface area contributed by atoms with Crippen LogP contribution < -0.4 is 11.1 Å². The summed E-state index contributed by atoms with van der Waals surface area (Å²) in [5.74, 6) is -0.496. The Hall–Kier alpha value is -1.86. The lowest BCUT2D eigenvalue weighted by molar-refractivity contribution is -0.0328. The second-order valence-corrected chi connectivity index (χ2v) is 5.63. The van der Waals surface area contributed by atoms with Crippen LogP contribution in [-0.4, -0.2) is 11.4 Å². The third kappa shape index (κ3) is 6.42. The number of nitrogens with one attached hydrogen (secondary N) is 1. The van der Waals surface area contributed by atoms with E-state index in [9.17, 15) is 18.0 Å². The molecule has 0 aliphatic carbocycles. The number of rotatable bonds is 5. The minimum absolute atomic E-state index is 0. The van der Waals surface area contributed by atoms with Crippen molar-refractivity contribution in [3.05, 3.63) is 59.7 Å². The van der Waals surface area contributed by atoms with E-state index in [0.717, 1.165) is 11.3 Å². The van der Waals surface area contributed by atoms with Crippen LogP contribution in [0.4, 0.5) is 18.9 Å². The molecule has 0 saturated carbocycles. The summed E-state index contributed by atoms with van der Waals surface area (Å²) >= 11 is -0.136. The first kappa shape index (κ1) is 19.2. The molecule has 2 aromatic rings. The molecule has 0 aliphatic rings. The van der Waals surface area contributed by atoms with Gasteiger partial charge in [-0.25, -0.2) is 0 Å². The van der Waals surface area contributed by atoms with E-state index < -0.39 is 11.4 Å². The van der Waals surface area contributed by atoms with Crippen molar-refractivity contribution in [2.24, 2.45) is 5.73 Å². The molecule has 8 heteroatoms. The van der Waals surface area contributed by atoms with Crippen molar-refractivity contribution in [3.63, 3.8) is 0 Å². The van der Waals surface area contributed by atoms with Crippen molar-refractivity contribution in [1.29, 1.82) is 0 Å². The average Bonchev–Trinajstić information content (AvgIpc) is 2.45. The number of thioether (sulfide) groups is 1. The van der Waals surface area contributed by atoms with Crippen molar-refractivity contribution in [1.82, 2.24) is 0 Å². The third-order valence-electron chi connectivity index (χ3n) is 2.82. The fourth-order valence-electron chi connectivity index (χ4n) is 1.77. The number of alkyl halides is 3. The van der Waals surface area contributed by atoms with Gasteiger partial charge in [0.05, 0.1) is 0 Å². The van der Waals surface area contributed by atoms with E-state index in [-0.39, 0.29) is 29.1 Å². The van der Waals surface area contributed by atoms with Crippen LogP contribution in [0.15, 0.2) is 53.4 Å². The molecule has 0 aliphatic heterocycles. The van der Waals surface area contributed by atoms with Gasteiger partial charge in [0, 0.05) is 22.7 Å². The molecule has 124 valence electrons. The van der Waals surface area contributed by atoms with E-state index in [1.807, 2.05) is 0 Å². The fraction of sp³-hybridized carbons (Fsp3) is 0.133. The Labute approximate surface area is 141 Å². The lowest BCUT2D eigenvalue weighted by Crippen LogP contribution is -2.10. The summed E-state index contributed by atoms with van der Waals surface area (Å²) in [6.45, 7) is 0.465. The Morgan fingerprint density at radius 3 is 2.09 bits per heavy atom. The minimum atomic E-state index is -4.28. The van der Waals surface area contributed by atoms with Crippen molar-refractivity contribution < 1.29 is 18.0 Å². The molecule has 2 rings (SSSR count). The van der Waals surface area contributed by atoms with Crippen LogP contribution in [0.25, 0.3) is 0 Å². The van der Waals surface area contributed by atoms with Gasteiger partial charge in [-0.3, -0.25) is 4.79 Å². The number of hydrogen-bond acceptors (Lipinski definition) is 3. The van der Waals surface area contributed by atoms with Crippen LogP contribution in [0, 0.1) is 0 Å². The molecule has 0 fully saturated rings. The Balaban J connectivity index is 0.00000264. The molecule has 0 atom stereocenters. The molecule has 0 spiro atoms. The summed E-state index contributed by atoms with van der Waals surface area (Å²) < 4.78 is 36.7. The van der Waals surface area contributed by atoms with Gasteiger partial charge >= 0.3 is 5.51 Å². The fourth-order valence-corrected chi connectivity index (χ4v) is 2.30. The number of amides is 1. The summed E-state index contributed by atoms with van der Waals surface area (Å²) in [7, 11) is 0. The van der Waals surface area contributed by atoms with Crippen LogP contribution in [0.1, 0.15) is 15.9 Å². The van der Waals surface area contributed by atoms with Gasteiger partial charge in [0.15, 0.2) is 0 Å². The summed E-state index contributed by atoms with van der Waals surface area (Å²) in [6, 6.07) is 12.8. The first-order chi connectivity index (χ1) is 10.3. The topological polar surface area (TPSA) is 55.1 Å². The summed E-state index contributed by atoms with van der Waals surface area (Å²) in [4.78, 5) is 11.1. The van der Waals surface area contributed by atoms with E-state index in [4.69, 9.17) is 5.73 Å². The molecule has 0 heterocycles. The quantitative estimate of drug-likeness (QED) is 0.773. The van der Waals surface area contributed by atoms with Gasteiger partial charge in [0.25, 0.3) is 0 Å². The van der Waals surface area contributed by atoms with Gasteiger partial charge in [0.2, 0.25) is 5.91 Å². The molecule has 23 heavy (non-hydrogen) atoms. The Kier molecular flexibility index (Phi) is 6.78. The van der Waals surface area contributed by atoms with Crippen LogP contribution in [0.2, 0.25) is 0 Å².